The summed E-state index contributed by atoms with van der Waals surface area (Å²) < 4.78 is 0. The van der Waals surface area contributed by atoms with Gasteiger partial charge in [-0.05, 0) is 37.6 Å². The van der Waals surface area contributed by atoms with Crippen LogP contribution < -0.4 is 11.1 Å². The van der Waals surface area contributed by atoms with E-state index < -0.39 is 0 Å². The van der Waals surface area contributed by atoms with Crippen LogP contribution in [0.4, 0.5) is 0 Å². The molecular weight excluding hydrogens is 228 g/mol. The number of unbranched alkanes of at least 4 members (excludes halogenated alkanes) is 3. The van der Waals surface area contributed by atoms with Crippen molar-refractivity contribution in [3.05, 3.63) is 0 Å². The molecule has 0 aromatic carbocycles. The van der Waals surface area contributed by atoms with E-state index in [1.807, 2.05) is 0 Å². The van der Waals surface area contributed by atoms with Crippen LogP contribution in [0.5, 0.6) is 0 Å². The predicted molar refractivity (Wildman–Crippen MR) is 75.2 cm³/mol. The molecule has 0 saturated carbocycles. The Bertz CT molecular complexity index is 218. The Morgan fingerprint density at radius 3 is 2.44 bits per heavy atom. The van der Waals surface area contributed by atoms with Gasteiger partial charge in [-0.3, -0.25) is 4.79 Å². The van der Waals surface area contributed by atoms with Crippen molar-refractivity contribution in [2.75, 3.05) is 19.7 Å². The fourth-order valence-electron chi connectivity index (χ4n) is 1.87. The van der Waals surface area contributed by atoms with Gasteiger partial charge in [-0.15, -0.1) is 0 Å². The smallest absolute Gasteiger partial charge is 0.220 e. The first kappa shape index (κ1) is 17.4. The van der Waals surface area contributed by atoms with E-state index in [-0.39, 0.29) is 17.9 Å². The van der Waals surface area contributed by atoms with Gasteiger partial charge in [0.1, 0.15) is 0 Å². The summed E-state index contributed by atoms with van der Waals surface area (Å²) in [5, 5.41) is 11.6. The van der Waals surface area contributed by atoms with Gasteiger partial charge in [0.15, 0.2) is 0 Å². The van der Waals surface area contributed by atoms with Gasteiger partial charge in [0.2, 0.25) is 5.91 Å². The van der Waals surface area contributed by atoms with Crippen molar-refractivity contribution >= 4 is 5.91 Å². The monoisotopic (exact) mass is 258 g/mol. The number of aliphatic hydroxyl groups excluding tert-OH is 1. The van der Waals surface area contributed by atoms with Crippen LogP contribution >= 0.6 is 0 Å². The molecule has 0 spiro atoms. The molecule has 4 N–H and O–H groups in total. The molecule has 0 aliphatic heterocycles. The van der Waals surface area contributed by atoms with Gasteiger partial charge >= 0.3 is 0 Å². The Labute approximate surface area is 111 Å². The molecule has 0 bridgehead atoms. The van der Waals surface area contributed by atoms with Gasteiger partial charge in [-0.1, -0.05) is 26.7 Å². The molecule has 0 unspecified atom stereocenters. The Morgan fingerprint density at radius 2 is 1.83 bits per heavy atom. The average molecular weight is 258 g/mol. The fourth-order valence-corrected chi connectivity index (χ4v) is 1.87. The standard InChI is InChI=1S/C14H30N2O2/c1-14(2,9-10-15)8-7-13(18)16-11-5-3-4-6-12-17/h17H,3-12,15H2,1-2H3,(H,16,18). The quantitative estimate of drug-likeness (QED) is 0.495. The second-order valence-corrected chi connectivity index (χ2v) is 5.69. The molecule has 0 heterocycles. The molecule has 1 amide bonds. The number of hydrogen-bond acceptors (Lipinski definition) is 3. The van der Waals surface area contributed by atoms with Crippen LogP contribution in [0.1, 0.15) is 58.8 Å². The molecule has 0 rings (SSSR count). The van der Waals surface area contributed by atoms with Crippen LogP contribution in [0.3, 0.4) is 0 Å². The Balaban J connectivity index is 3.48. The molecule has 0 fully saturated rings. The highest BCUT2D eigenvalue weighted by Crippen LogP contribution is 2.25. The fraction of sp³-hybridized carbons (Fsp3) is 0.929. The summed E-state index contributed by atoms with van der Waals surface area (Å²) in [6.07, 6.45) is 6.40. The summed E-state index contributed by atoms with van der Waals surface area (Å²) in [4.78, 5) is 11.6. The molecule has 0 aliphatic rings. The van der Waals surface area contributed by atoms with E-state index in [1.165, 1.54) is 0 Å². The highest BCUT2D eigenvalue weighted by Gasteiger charge is 2.17. The average Bonchev–Trinajstić information content (AvgIpc) is 2.31. The number of amides is 1. The molecule has 0 aromatic rings. The van der Waals surface area contributed by atoms with Crippen molar-refractivity contribution in [1.29, 1.82) is 0 Å². The molecule has 4 heteroatoms. The Hall–Kier alpha value is -0.610. The van der Waals surface area contributed by atoms with Gasteiger partial charge in [-0.2, -0.15) is 0 Å². The van der Waals surface area contributed by atoms with Crippen molar-refractivity contribution in [1.82, 2.24) is 5.32 Å². The minimum atomic E-state index is 0.141. The second kappa shape index (κ2) is 10.3. The Morgan fingerprint density at radius 1 is 1.17 bits per heavy atom. The zero-order chi connectivity index (χ0) is 13.9. The first-order valence-corrected chi connectivity index (χ1v) is 7.09. The molecule has 0 saturated heterocycles. The highest BCUT2D eigenvalue weighted by molar-refractivity contribution is 5.75. The summed E-state index contributed by atoms with van der Waals surface area (Å²) in [5.74, 6) is 0.141. The van der Waals surface area contributed by atoms with Crippen LogP contribution in [0.2, 0.25) is 0 Å². The third-order valence-electron chi connectivity index (χ3n) is 3.26. The lowest BCUT2D eigenvalue weighted by atomic mass is 9.84. The van der Waals surface area contributed by atoms with E-state index in [0.29, 0.717) is 13.0 Å². The SMILES string of the molecule is CC(C)(CCN)CCC(=O)NCCCCCCO. The van der Waals surface area contributed by atoms with Gasteiger partial charge in [0.25, 0.3) is 0 Å². The molecule has 0 aliphatic carbocycles. The number of nitrogens with two attached hydrogens (primary N) is 1. The Kier molecular flexibility index (Phi) is 9.98. The largest absolute Gasteiger partial charge is 0.396 e. The van der Waals surface area contributed by atoms with Gasteiger partial charge in [-0.25, -0.2) is 0 Å². The van der Waals surface area contributed by atoms with Crippen molar-refractivity contribution in [3.63, 3.8) is 0 Å². The van der Waals surface area contributed by atoms with Crippen LogP contribution in [0.25, 0.3) is 0 Å². The van der Waals surface area contributed by atoms with Crippen molar-refractivity contribution < 1.29 is 9.90 Å². The lowest BCUT2D eigenvalue weighted by Crippen LogP contribution is -2.26. The molecular formula is C14H30N2O2. The lowest BCUT2D eigenvalue weighted by molar-refractivity contribution is -0.121. The molecule has 4 nitrogen and oxygen atoms in total. The number of hydrogen-bond donors (Lipinski definition) is 3. The van der Waals surface area contributed by atoms with Crippen LogP contribution in [0.15, 0.2) is 0 Å². The normalized spacial score (nSPS) is 11.6. The van der Waals surface area contributed by atoms with E-state index in [0.717, 1.165) is 45.1 Å². The zero-order valence-electron chi connectivity index (χ0n) is 12.0. The second-order valence-electron chi connectivity index (χ2n) is 5.69. The molecule has 18 heavy (non-hydrogen) atoms. The van der Waals surface area contributed by atoms with Crippen LogP contribution in [-0.2, 0) is 4.79 Å². The summed E-state index contributed by atoms with van der Waals surface area (Å²) in [7, 11) is 0. The van der Waals surface area contributed by atoms with Gasteiger partial charge < -0.3 is 16.2 Å². The number of aliphatic hydroxyl groups is 1. The number of nitrogens with one attached hydrogen (secondary N) is 1. The van der Waals surface area contributed by atoms with Crippen molar-refractivity contribution in [3.8, 4) is 0 Å². The predicted octanol–water partition coefficient (Wildman–Crippen LogP) is 1.81. The highest BCUT2D eigenvalue weighted by atomic mass is 16.2. The minimum Gasteiger partial charge on any atom is -0.396 e. The van der Waals surface area contributed by atoms with E-state index in [9.17, 15) is 4.79 Å². The maximum absolute atomic E-state index is 11.6. The van der Waals surface area contributed by atoms with E-state index >= 15 is 0 Å². The van der Waals surface area contributed by atoms with Crippen LogP contribution in [0, 0.1) is 5.41 Å². The first-order chi connectivity index (χ1) is 8.52. The maximum Gasteiger partial charge on any atom is 0.220 e. The van der Waals surface area contributed by atoms with E-state index in [1.54, 1.807) is 0 Å². The maximum atomic E-state index is 11.6. The van der Waals surface area contributed by atoms with Gasteiger partial charge in [0, 0.05) is 19.6 Å². The molecule has 0 radical (unpaired) electrons. The summed E-state index contributed by atoms with van der Waals surface area (Å²) in [5.41, 5.74) is 5.70. The third-order valence-corrected chi connectivity index (χ3v) is 3.26. The lowest BCUT2D eigenvalue weighted by Gasteiger charge is -2.23. The van der Waals surface area contributed by atoms with Crippen LogP contribution in [-0.4, -0.2) is 30.7 Å². The van der Waals surface area contributed by atoms with Crippen molar-refractivity contribution in [2.24, 2.45) is 11.1 Å². The summed E-state index contributed by atoms with van der Waals surface area (Å²) >= 11 is 0. The third kappa shape index (κ3) is 10.5. The number of rotatable bonds is 11. The van der Waals surface area contributed by atoms with Crippen molar-refractivity contribution in [2.45, 2.75) is 58.8 Å². The summed E-state index contributed by atoms with van der Waals surface area (Å²) in [6.45, 7) is 6.01. The topological polar surface area (TPSA) is 75.4 Å². The number of carbonyl (C=O) groups excluding carboxylic acids is 1. The van der Waals surface area contributed by atoms with Gasteiger partial charge in [0.05, 0.1) is 0 Å². The molecule has 0 aromatic heterocycles. The first-order valence-electron chi connectivity index (χ1n) is 7.09. The zero-order valence-corrected chi connectivity index (χ0v) is 12.0. The minimum absolute atomic E-state index is 0.141. The van der Waals surface area contributed by atoms with E-state index in [2.05, 4.69) is 19.2 Å². The number of carbonyl (C=O) groups is 1. The summed E-state index contributed by atoms with van der Waals surface area (Å²) in [6, 6.07) is 0. The van der Waals surface area contributed by atoms with E-state index in [4.69, 9.17) is 10.8 Å². The molecule has 0 atom stereocenters. The molecule has 108 valence electrons.